The molecular weight excluding hydrogens is 375 g/mol. The Kier molecular flexibility index (Phi) is 7.28. The first-order valence-electron chi connectivity index (χ1n) is 8.07. The zero-order valence-electron chi connectivity index (χ0n) is 15.0. The Hall–Kier alpha value is -2.49. The maximum absolute atomic E-state index is 12.9. The van der Waals surface area contributed by atoms with Crippen LogP contribution in [0.5, 0.6) is 5.75 Å². The van der Waals surface area contributed by atoms with E-state index in [-0.39, 0.29) is 36.4 Å². The summed E-state index contributed by atoms with van der Waals surface area (Å²) in [6, 6.07) is 11.2. The molecule has 0 aliphatic rings. The van der Waals surface area contributed by atoms with Crippen LogP contribution in [-0.4, -0.2) is 48.2 Å². The molecule has 0 aromatic heterocycles. The number of ether oxygens (including phenoxy) is 2. The highest BCUT2D eigenvalue weighted by atomic mass is 32.2. The molecule has 0 aliphatic heterocycles. The normalized spacial score (nSPS) is 11.2. The van der Waals surface area contributed by atoms with E-state index in [0.29, 0.717) is 11.4 Å². The maximum Gasteiger partial charge on any atom is 0.264 e. The number of halogens is 1. The number of anilines is 1. The minimum absolute atomic E-state index is 0.0840. The Morgan fingerprint density at radius 1 is 1.11 bits per heavy atom. The highest BCUT2D eigenvalue weighted by molar-refractivity contribution is 7.89. The molecule has 7 nitrogen and oxygen atoms in total. The summed E-state index contributed by atoms with van der Waals surface area (Å²) < 4.78 is 49.7. The van der Waals surface area contributed by atoms with Crippen LogP contribution in [0.3, 0.4) is 0 Å². The van der Waals surface area contributed by atoms with Gasteiger partial charge in [-0.1, -0.05) is 0 Å². The molecule has 0 atom stereocenters. The van der Waals surface area contributed by atoms with Gasteiger partial charge in [-0.25, -0.2) is 17.5 Å². The van der Waals surface area contributed by atoms with Gasteiger partial charge in [-0.2, -0.15) is 0 Å². The number of hydrogen-bond acceptors (Lipinski definition) is 5. The van der Waals surface area contributed by atoms with Crippen LogP contribution in [0.4, 0.5) is 10.1 Å². The average Bonchev–Trinajstić information content (AvgIpc) is 2.66. The third-order valence-electron chi connectivity index (χ3n) is 3.68. The van der Waals surface area contributed by atoms with Crippen molar-refractivity contribution in [2.24, 2.45) is 0 Å². The number of rotatable bonds is 9. The monoisotopic (exact) mass is 396 g/mol. The predicted molar refractivity (Wildman–Crippen MR) is 98.8 cm³/mol. The maximum atomic E-state index is 12.9. The zero-order chi connectivity index (χ0) is 19.9. The molecule has 27 heavy (non-hydrogen) atoms. The van der Waals surface area contributed by atoms with Gasteiger partial charge in [-0.3, -0.25) is 4.79 Å². The van der Waals surface area contributed by atoms with Gasteiger partial charge in [0.1, 0.15) is 11.6 Å². The summed E-state index contributed by atoms with van der Waals surface area (Å²) in [6.07, 6.45) is 0. The first-order chi connectivity index (χ1) is 12.8. The number of carbonyl (C=O) groups excluding carboxylic acids is 1. The molecule has 0 aliphatic carbocycles. The van der Waals surface area contributed by atoms with Gasteiger partial charge in [0, 0.05) is 26.4 Å². The lowest BCUT2D eigenvalue weighted by atomic mass is 10.3. The Labute approximate surface area is 157 Å². The number of sulfonamides is 1. The third kappa shape index (κ3) is 6.02. The topological polar surface area (TPSA) is 84.9 Å². The van der Waals surface area contributed by atoms with Gasteiger partial charge in [0.05, 0.1) is 11.5 Å². The number of nitrogens with zero attached hydrogens (tertiary/aromatic N) is 1. The quantitative estimate of drug-likeness (QED) is 0.654. The fourth-order valence-electron chi connectivity index (χ4n) is 2.13. The molecule has 0 unspecified atom stereocenters. The summed E-state index contributed by atoms with van der Waals surface area (Å²) in [4.78, 5) is 13.6. The molecule has 2 rings (SSSR count). The number of nitrogens with one attached hydrogen (secondary N) is 1. The Morgan fingerprint density at radius 2 is 1.74 bits per heavy atom. The van der Waals surface area contributed by atoms with Crippen molar-refractivity contribution in [1.29, 1.82) is 0 Å². The van der Waals surface area contributed by atoms with Gasteiger partial charge in [0.15, 0.2) is 6.61 Å². The summed E-state index contributed by atoms with van der Waals surface area (Å²) in [7, 11) is -0.588. The van der Waals surface area contributed by atoms with Crippen molar-refractivity contribution < 1.29 is 27.1 Å². The van der Waals surface area contributed by atoms with Gasteiger partial charge < -0.3 is 14.4 Å². The summed E-state index contributed by atoms with van der Waals surface area (Å²) in [5, 5.41) is 0. The van der Waals surface area contributed by atoms with Crippen molar-refractivity contribution in [3.05, 3.63) is 54.3 Å². The lowest BCUT2D eigenvalue weighted by molar-refractivity contribution is -0.120. The van der Waals surface area contributed by atoms with Gasteiger partial charge in [0.25, 0.3) is 5.91 Å². The van der Waals surface area contributed by atoms with Crippen molar-refractivity contribution in [2.75, 3.05) is 38.8 Å². The van der Waals surface area contributed by atoms with E-state index in [2.05, 4.69) is 4.72 Å². The van der Waals surface area contributed by atoms with Crippen LogP contribution in [0.1, 0.15) is 0 Å². The highest BCUT2D eigenvalue weighted by Crippen LogP contribution is 2.17. The molecule has 0 spiro atoms. The van der Waals surface area contributed by atoms with Gasteiger partial charge >= 0.3 is 0 Å². The van der Waals surface area contributed by atoms with Crippen molar-refractivity contribution in [2.45, 2.75) is 4.90 Å². The second-order valence-electron chi connectivity index (χ2n) is 5.58. The summed E-state index contributed by atoms with van der Waals surface area (Å²) in [5.41, 5.74) is 0.536. The van der Waals surface area contributed by atoms with E-state index in [4.69, 9.17) is 9.47 Å². The number of carbonyl (C=O) groups is 1. The number of hydrogen-bond donors (Lipinski definition) is 1. The van der Waals surface area contributed by atoms with Crippen molar-refractivity contribution in [3.63, 3.8) is 0 Å². The van der Waals surface area contributed by atoms with E-state index in [1.807, 2.05) is 0 Å². The highest BCUT2D eigenvalue weighted by Gasteiger charge is 2.14. The van der Waals surface area contributed by atoms with E-state index in [1.165, 1.54) is 60.5 Å². The van der Waals surface area contributed by atoms with Crippen LogP contribution in [0.2, 0.25) is 0 Å². The van der Waals surface area contributed by atoms with Crippen LogP contribution in [0.15, 0.2) is 53.4 Å². The van der Waals surface area contributed by atoms with E-state index < -0.39 is 10.0 Å². The van der Waals surface area contributed by atoms with Crippen LogP contribution >= 0.6 is 0 Å². The molecule has 0 bridgehead atoms. The Balaban J connectivity index is 1.92. The number of likely N-dealkylation sites (N-methyl/N-ethyl adjacent to an activating group) is 1. The molecule has 1 N–H and O–H groups in total. The van der Waals surface area contributed by atoms with E-state index in [1.54, 1.807) is 7.05 Å². The number of benzene rings is 2. The standard InChI is InChI=1S/C18H21FN2O5S/c1-21(15-5-3-14(19)4-6-15)18(22)13-26-16-7-9-17(10-8-16)27(23,24)20-11-12-25-2/h3-10,20H,11-13H2,1-2H3. The molecule has 9 heteroatoms. The fourth-order valence-corrected chi connectivity index (χ4v) is 3.14. The van der Waals surface area contributed by atoms with Crippen molar-refractivity contribution >= 4 is 21.6 Å². The molecule has 146 valence electrons. The van der Waals surface area contributed by atoms with Crippen LogP contribution < -0.4 is 14.4 Å². The molecular formula is C18H21FN2O5S. The molecule has 0 saturated carbocycles. The lowest BCUT2D eigenvalue weighted by Gasteiger charge is -2.17. The average molecular weight is 396 g/mol. The van der Waals surface area contributed by atoms with Gasteiger partial charge in [0.2, 0.25) is 10.0 Å². The Morgan fingerprint density at radius 3 is 2.33 bits per heavy atom. The third-order valence-corrected chi connectivity index (χ3v) is 5.16. The molecule has 2 aromatic rings. The summed E-state index contributed by atoms with van der Waals surface area (Å²) in [6.45, 7) is 0.192. The van der Waals surface area contributed by atoms with E-state index >= 15 is 0 Å². The van der Waals surface area contributed by atoms with Crippen LogP contribution in [0.25, 0.3) is 0 Å². The van der Waals surface area contributed by atoms with E-state index in [0.717, 1.165) is 0 Å². The molecule has 0 radical (unpaired) electrons. The minimum Gasteiger partial charge on any atom is -0.484 e. The Bertz CT molecular complexity index is 854. The van der Waals surface area contributed by atoms with Crippen LogP contribution in [0, 0.1) is 5.82 Å². The molecule has 0 fully saturated rings. The summed E-state index contributed by atoms with van der Waals surface area (Å²) in [5.74, 6) is -0.367. The van der Waals surface area contributed by atoms with Crippen molar-refractivity contribution in [1.82, 2.24) is 4.72 Å². The van der Waals surface area contributed by atoms with Crippen LogP contribution in [-0.2, 0) is 19.6 Å². The van der Waals surface area contributed by atoms with E-state index in [9.17, 15) is 17.6 Å². The molecule has 0 heterocycles. The lowest BCUT2D eigenvalue weighted by Crippen LogP contribution is -2.31. The molecule has 2 aromatic carbocycles. The van der Waals surface area contributed by atoms with Crippen molar-refractivity contribution in [3.8, 4) is 5.75 Å². The largest absolute Gasteiger partial charge is 0.484 e. The second-order valence-corrected chi connectivity index (χ2v) is 7.35. The fraction of sp³-hybridized carbons (Fsp3) is 0.278. The minimum atomic E-state index is -3.62. The zero-order valence-corrected chi connectivity index (χ0v) is 15.8. The smallest absolute Gasteiger partial charge is 0.264 e. The second kappa shape index (κ2) is 9.45. The number of amides is 1. The predicted octanol–water partition coefficient (Wildman–Crippen LogP) is 1.79. The first kappa shape index (κ1) is 20.8. The molecule has 0 saturated heterocycles. The van der Waals surface area contributed by atoms with Gasteiger partial charge in [-0.05, 0) is 48.5 Å². The SMILES string of the molecule is COCCNS(=O)(=O)c1ccc(OCC(=O)N(C)c2ccc(F)cc2)cc1. The molecule has 1 amide bonds. The summed E-state index contributed by atoms with van der Waals surface area (Å²) >= 11 is 0. The number of methoxy groups -OCH3 is 1. The first-order valence-corrected chi connectivity index (χ1v) is 9.55. The van der Waals surface area contributed by atoms with Gasteiger partial charge in [-0.15, -0.1) is 0 Å².